The first-order valence-corrected chi connectivity index (χ1v) is 4.54. The molecule has 0 radical (unpaired) electrons. The molecule has 1 aromatic rings. The summed E-state index contributed by atoms with van der Waals surface area (Å²) in [5.41, 5.74) is 5.00. The number of nitrogens with one attached hydrogen (secondary N) is 2. The molecule has 4 N–H and O–H groups in total. The van der Waals surface area contributed by atoms with Crippen molar-refractivity contribution in [2.45, 2.75) is 13.8 Å². The Morgan fingerprint density at radius 1 is 1.50 bits per heavy atom. The van der Waals surface area contributed by atoms with E-state index in [0.29, 0.717) is 12.1 Å². The van der Waals surface area contributed by atoms with Crippen molar-refractivity contribution >= 4 is 11.6 Å². The largest absolute Gasteiger partial charge is 0.352 e. The third-order valence-corrected chi connectivity index (χ3v) is 1.98. The first kappa shape index (κ1) is 10.5. The summed E-state index contributed by atoms with van der Waals surface area (Å²) in [4.78, 5) is 11.4. The maximum absolute atomic E-state index is 11.4. The molecule has 76 valence electrons. The normalized spacial score (nSPS) is 9.64. The lowest BCUT2D eigenvalue weighted by Crippen LogP contribution is -2.22. The molecule has 1 amide bonds. The number of rotatable bonds is 3. The van der Waals surface area contributed by atoms with Gasteiger partial charge >= 0.3 is 0 Å². The minimum absolute atomic E-state index is 0.0563. The number of carbonyl (C=O) groups excluding carboxylic acids is 1. The van der Waals surface area contributed by atoms with Crippen LogP contribution in [0.2, 0.25) is 0 Å². The summed E-state index contributed by atoms with van der Waals surface area (Å²) >= 11 is 0. The van der Waals surface area contributed by atoms with Crippen molar-refractivity contribution in [1.29, 1.82) is 0 Å². The minimum Gasteiger partial charge on any atom is -0.352 e. The van der Waals surface area contributed by atoms with Gasteiger partial charge in [0.15, 0.2) is 0 Å². The molecule has 0 saturated carbocycles. The number of hydrazine groups is 1. The van der Waals surface area contributed by atoms with Crippen molar-refractivity contribution in [3.63, 3.8) is 0 Å². The van der Waals surface area contributed by atoms with Crippen LogP contribution in [0.4, 0.5) is 5.69 Å². The van der Waals surface area contributed by atoms with E-state index in [1.807, 2.05) is 13.8 Å². The number of benzene rings is 1. The predicted octanol–water partition coefficient (Wildman–Crippen LogP) is 1.03. The van der Waals surface area contributed by atoms with Gasteiger partial charge in [0.2, 0.25) is 0 Å². The van der Waals surface area contributed by atoms with E-state index in [-0.39, 0.29) is 5.91 Å². The number of hydrogen-bond acceptors (Lipinski definition) is 3. The molecular weight excluding hydrogens is 178 g/mol. The topological polar surface area (TPSA) is 67.2 Å². The van der Waals surface area contributed by atoms with Crippen molar-refractivity contribution in [3.8, 4) is 0 Å². The van der Waals surface area contributed by atoms with E-state index in [4.69, 9.17) is 5.84 Å². The molecule has 0 aliphatic carbocycles. The fourth-order valence-corrected chi connectivity index (χ4v) is 1.23. The molecule has 0 spiro atoms. The number of amides is 1. The van der Waals surface area contributed by atoms with E-state index in [1.54, 1.807) is 18.2 Å². The molecule has 0 heterocycles. The third kappa shape index (κ3) is 2.23. The molecule has 1 rings (SSSR count). The molecule has 1 aromatic carbocycles. The van der Waals surface area contributed by atoms with Crippen LogP contribution in [0, 0.1) is 6.92 Å². The smallest absolute Gasteiger partial charge is 0.251 e. The highest BCUT2D eigenvalue weighted by Gasteiger charge is 2.05. The number of nitrogen functional groups attached to an aromatic ring is 1. The summed E-state index contributed by atoms with van der Waals surface area (Å²) in [7, 11) is 0. The second-order valence-electron chi connectivity index (χ2n) is 3.03. The van der Waals surface area contributed by atoms with Crippen molar-refractivity contribution < 1.29 is 4.79 Å². The summed E-state index contributed by atoms with van der Waals surface area (Å²) < 4.78 is 0. The zero-order chi connectivity index (χ0) is 10.6. The second-order valence-corrected chi connectivity index (χ2v) is 3.03. The van der Waals surface area contributed by atoms with E-state index < -0.39 is 0 Å². The Labute approximate surface area is 83.5 Å². The zero-order valence-corrected chi connectivity index (χ0v) is 8.42. The summed E-state index contributed by atoms with van der Waals surface area (Å²) in [6, 6.07) is 5.34. The van der Waals surface area contributed by atoms with E-state index in [1.165, 1.54) is 0 Å². The number of anilines is 1. The lowest BCUT2D eigenvalue weighted by molar-refractivity contribution is 0.0956. The van der Waals surface area contributed by atoms with E-state index in [0.717, 1.165) is 11.3 Å². The van der Waals surface area contributed by atoms with Gasteiger partial charge in [-0.15, -0.1) is 0 Å². The Morgan fingerprint density at radius 2 is 2.21 bits per heavy atom. The van der Waals surface area contributed by atoms with Gasteiger partial charge < -0.3 is 10.7 Å². The second kappa shape index (κ2) is 4.62. The molecule has 0 aromatic heterocycles. The molecule has 4 heteroatoms. The van der Waals surface area contributed by atoms with Gasteiger partial charge in [0.25, 0.3) is 5.91 Å². The van der Waals surface area contributed by atoms with Gasteiger partial charge in [-0.3, -0.25) is 10.6 Å². The first-order valence-electron chi connectivity index (χ1n) is 4.54. The van der Waals surface area contributed by atoms with Crippen LogP contribution in [0.25, 0.3) is 0 Å². The van der Waals surface area contributed by atoms with Crippen molar-refractivity contribution in [2.24, 2.45) is 5.84 Å². The summed E-state index contributed by atoms with van der Waals surface area (Å²) in [5, 5.41) is 2.74. The Hall–Kier alpha value is -1.55. The quantitative estimate of drug-likeness (QED) is 0.496. The Morgan fingerprint density at radius 3 is 2.71 bits per heavy atom. The number of aryl methyl sites for hydroxylation is 1. The van der Waals surface area contributed by atoms with Crippen LogP contribution >= 0.6 is 0 Å². The Bertz CT molecular complexity index is 336. The van der Waals surface area contributed by atoms with Gasteiger partial charge in [0.1, 0.15) is 0 Å². The molecule has 0 fully saturated rings. The van der Waals surface area contributed by atoms with E-state index >= 15 is 0 Å². The highest BCUT2D eigenvalue weighted by Crippen LogP contribution is 2.14. The van der Waals surface area contributed by atoms with Gasteiger partial charge in [0, 0.05) is 12.1 Å². The SMILES string of the molecule is CCNC(=O)c1ccc(NN)c(C)c1. The monoisotopic (exact) mass is 193 g/mol. The number of carbonyl (C=O) groups is 1. The van der Waals surface area contributed by atoms with Crippen LogP contribution in [-0.2, 0) is 0 Å². The van der Waals surface area contributed by atoms with Crippen LogP contribution in [0.15, 0.2) is 18.2 Å². The Kier molecular flexibility index (Phi) is 3.48. The number of nitrogens with two attached hydrogens (primary N) is 1. The fourth-order valence-electron chi connectivity index (χ4n) is 1.23. The van der Waals surface area contributed by atoms with Crippen LogP contribution in [0.1, 0.15) is 22.8 Å². The maximum Gasteiger partial charge on any atom is 0.251 e. The van der Waals surface area contributed by atoms with E-state index in [9.17, 15) is 4.79 Å². The van der Waals surface area contributed by atoms with Gasteiger partial charge in [-0.25, -0.2) is 0 Å². The van der Waals surface area contributed by atoms with Gasteiger partial charge in [-0.05, 0) is 37.6 Å². The minimum atomic E-state index is -0.0563. The first-order chi connectivity index (χ1) is 6.69. The lowest BCUT2D eigenvalue weighted by atomic mass is 10.1. The molecule has 0 saturated heterocycles. The average molecular weight is 193 g/mol. The Balaban J connectivity index is 2.91. The van der Waals surface area contributed by atoms with Crippen LogP contribution in [-0.4, -0.2) is 12.5 Å². The van der Waals surface area contributed by atoms with Gasteiger partial charge in [-0.1, -0.05) is 0 Å². The van der Waals surface area contributed by atoms with Crippen LogP contribution < -0.4 is 16.6 Å². The molecule has 0 atom stereocenters. The molecule has 0 unspecified atom stereocenters. The third-order valence-electron chi connectivity index (χ3n) is 1.98. The van der Waals surface area contributed by atoms with Crippen molar-refractivity contribution in [2.75, 3.05) is 12.0 Å². The van der Waals surface area contributed by atoms with Crippen LogP contribution in [0.3, 0.4) is 0 Å². The molecule has 0 bridgehead atoms. The van der Waals surface area contributed by atoms with Gasteiger partial charge in [-0.2, -0.15) is 0 Å². The van der Waals surface area contributed by atoms with Crippen molar-refractivity contribution in [1.82, 2.24) is 5.32 Å². The molecule has 14 heavy (non-hydrogen) atoms. The number of hydrogen-bond donors (Lipinski definition) is 3. The van der Waals surface area contributed by atoms with Crippen LogP contribution in [0.5, 0.6) is 0 Å². The molecular formula is C10H15N3O. The zero-order valence-electron chi connectivity index (χ0n) is 8.42. The summed E-state index contributed by atoms with van der Waals surface area (Å²) in [5.74, 6) is 5.23. The molecule has 0 aliphatic heterocycles. The molecule has 0 aliphatic rings. The summed E-state index contributed by atoms with van der Waals surface area (Å²) in [6.45, 7) is 4.42. The maximum atomic E-state index is 11.4. The van der Waals surface area contributed by atoms with E-state index in [2.05, 4.69) is 10.7 Å². The lowest BCUT2D eigenvalue weighted by Gasteiger charge is -2.07. The highest BCUT2D eigenvalue weighted by molar-refractivity contribution is 5.94. The predicted molar refractivity (Wildman–Crippen MR) is 57.0 cm³/mol. The summed E-state index contributed by atoms with van der Waals surface area (Å²) in [6.07, 6.45) is 0. The fraction of sp³-hybridized carbons (Fsp3) is 0.300. The van der Waals surface area contributed by atoms with Gasteiger partial charge in [0.05, 0.1) is 5.69 Å². The average Bonchev–Trinajstić information content (AvgIpc) is 2.18. The highest BCUT2D eigenvalue weighted by atomic mass is 16.1. The van der Waals surface area contributed by atoms with Crippen molar-refractivity contribution in [3.05, 3.63) is 29.3 Å². The standard InChI is InChI=1S/C10H15N3O/c1-3-12-10(14)8-4-5-9(13-11)7(2)6-8/h4-6,13H,3,11H2,1-2H3,(H,12,14). The molecule has 4 nitrogen and oxygen atoms in total.